The lowest BCUT2D eigenvalue weighted by atomic mass is 10.1. The minimum atomic E-state index is -0.601. The molecule has 0 radical (unpaired) electrons. The zero-order valence-corrected chi connectivity index (χ0v) is 16.3. The SMILES string of the molecule is NC(=O)c1cn(C2CCCN(Cc3cccnc3F)C2)nc1Nc1ccc(F)cc1. The van der Waals surface area contributed by atoms with Crippen LogP contribution in [-0.4, -0.2) is 38.7 Å². The Balaban J connectivity index is 1.52. The number of nitrogens with two attached hydrogens (primary N) is 1. The Labute approximate surface area is 172 Å². The van der Waals surface area contributed by atoms with Crippen LogP contribution in [0.4, 0.5) is 20.3 Å². The van der Waals surface area contributed by atoms with E-state index in [9.17, 15) is 13.6 Å². The normalized spacial score (nSPS) is 17.1. The molecule has 1 aliphatic rings. The van der Waals surface area contributed by atoms with Gasteiger partial charge in [0, 0.05) is 36.7 Å². The van der Waals surface area contributed by atoms with Gasteiger partial charge in [0.15, 0.2) is 5.82 Å². The summed E-state index contributed by atoms with van der Waals surface area (Å²) < 4.78 is 28.8. The molecule has 9 heteroatoms. The molecule has 2 aromatic heterocycles. The van der Waals surface area contributed by atoms with E-state index in [1.54, 1.807) is 35.1 Å². The van der Waals surface area contributed by atoms with E-state index >= 15 is 0 Å². The summed E-state index contributed by atoms with van der Waals surface area (Å²) in [6.45, 7) is 1.96. The summed E-state index contributed by atoms with van der Waals surface area (Å²) in [5, 5.41) is 7.56. The van der Waals surface area contributed by atoms with E-state index in [1.165, 1.54) is 18.3 Å². The number of piperidine rings is 1. The number of likely N-dealkylation sites (tertiary alicyclic amines) is 1. The van der Waals surface area contributed by atoms with E-state index in [4.69, 9.17) is 5.73 Å². The Morgan fingerprint density at radius 1 is 1.23 bits per heavy atom. The fraction of sp³-hybridized carbons (Fsp3) is 0.286. The van der Waals surface area contributed by atoms with E-state index in [1.807, 2.05) is 0 Å². The van der Waals surface area contributed by atoms with Gasteiger partial charge in [-0.3, -0.25) is 14.4 Å². The molecule has 0 aliphatic carbocycles. The summed E-state index contributed by atoms with van der Waals surface area (Å²) in [5.74, 6) is -1.09. The molecule has 3 N–H and O–H groups in total. The van der Waals surface area contributed by atoms with Crippen LogP contribution in [0.5, 0.6) is 0 Å². The largest absolute Gasteiger partial charge is 0.365 e. The van der Waals surface area contributed by atoms with Crippen molar-refractivity contribution in [1.29, 1.82) is 0 Å². The summed E-state index contributed by atoms with van der Waals surface area (Å²) in [6.07, 6.45) is 4.86. The molecule has 1 fully saturated rings. The van der Waals surface area contributed by atoms with E-state index in [0.717, 1.165) is 19.4 Å². The van der Waals surface area contributed by atoms with Gasteiger partial charge in [0.1, 0.15) is 11.4 Å². The lowest BCUT2D eigenvalue weighted by Crippen LogP contribution is -2.36. The molecule has 0 saturated carbocycles. The molecule has 3 aromatic rings. The number of nitrogens with one attached hydrogen (secondary N) is 1. The Morgan fingerprint density at radius 3 is 2.77 bits per heavy atom. The molecule has 1 aromatic carbocycles. The first-order chi connectivity index (χ1) is 14.5. The van der Waals surface area contributed by atoms with Crippen molar-refractivity contribution in [2.45, 2.75) is 25.4 Å². The van der Waals surface area contributed by atoms with Crippen LogP contribution in [0.3, 0.4) is 0 Å². The number of hydrogen-bond acceptors (Lipinski definition) is 5. The van der Waals surface area contributed by atoms with Gasteiger partial charge in [-0.25, -0.2) is 9.37 Å². The van der Waals surface area contributed by atoms with Crippen molar-refractivity contribution in [3.8, 4) is 0 Å². The molecule has 30 heavy (non-hydrogen) atoms. The quantitative estimate of drug-likeness (QED) is 0.607. The van der Waals surface area contributed by atoms with Crippen LogP contribution in [0.1, 0.15) is 34.8 Å². The maximum Gasteiger partial charge on any atom is 0.254 e. The number of amides is 1. The number of carbonyl (C=O) groups excluding carboxylic acids is 1. The van der Waals surface area contributed by atoms with Crippen molar-refractivity contribution in [3.63, 3.8) is 0 Å². The summed E-state index contributed by atoms with van der Waals surface area (Å²) in [7, 11) is 0. The Morgan fingerprint density at radius 2 is 2.03 bits per heavy atom. The predicted octanol–water partition coefficient (Wildman–Crippen LogP) is 3.24. The number of nitrogens with zero attached hydrogens (tertiary/aromatic N) is 4. The molecular weight excluding hydrogens is 390 g/mol. The first kappa shape index (κ1) is 20.0. The first-order valence-corrected chi connectivity index (χ1v) is 9.73. The molecule has 4 rings (SSSR count). The molecule has 1 saturated heterocycles. The van der Waals surface area contributed by atoms with Crippen LogP contribution >= 0.6 is 0 Å². The zero-order chi connectivity index (χ0) is 21.1. The van der Waals surface area contributed by atoms with Gasteiger partial charge in [-0.2, -0.15) is 9.49 Å². The van der Waals surface area contributed by atoms with Crippen LogP contribution in [0.2, 0.25) is 0 Å². The van der Waals surface area contributed by atoms with Gasteiger partial charge < -0.3 is 11.1 Å². The van der Waals surface area contributed by atoms with Crippen LogP contribution in [0.15, 0.2) is 48.8 Å². The smallest absolute Gasteiger partial charge is 0.254 e. The molecule has 156 valence electrons. The van der Waals surface area contributed by atoms with E-state index in [-0.39, 0.29) is 17.4 Å². The topological polar surface area (TPSA) is 89.1 Å². The second-order valence-electron chi connectivity index (χ2n) is 7.35. The van der Waals surface area contributed by atoms with Crippen molar-refractivity contribution in [2.75, 3.05) is 18.4 Å². The number of rotatable bonds is 6. The van der Waals surface area contributed by atoms with Crippen LogP contribution in [0, 0.1) is 11.8 Å². The van der Waals surface area contributed by atoms with Gasteiger partial charge in [0.2, 0.25) is 5.95 Å². The Kier molecular flexibility index (Phi) is 5.71. The number of carbonyl (C=O) groups is 1. The number of pyridine rings is 1. The van der Waals surface area contributed by atoms with Gasteiger partial charge in [-0.05, 0) is 49.7 Å². The van der Waals surface area contributed by atoms with Crippen LogP contribution < -0.4 is 11.1 Å². The maximum absolute atomic E-state index is 13.9. The third-order valence-corrected chi connectivity index (χ3v) is 5.19. The van der Waals surface area contributed by atoms with Crippen molar-refractivity contribution in [2.24, 2.45) is 5.73 Å². The number of aromatic nitrogens is 3. The van der Waals surface area contributed by atoms with Crippen LogP contribution in [0.25, 0.3) is 0 Å². The van der Waals surface area contributed by atoms with E-state index in [2.05, 4.69) is 20.3 Å². The summed E-state index contributed by atoms with van der Waals surface area (Å²) in [6, 6.07) is 9.23. The minimum Gasteiger partial charge on any atom is -0.365 e. The Bertz CT molecular complexity index is 1040. The molecule has 3 heterocycles. The standard InChI is InChI=1S/C21H22F2N6O/c22-15-5-7-16(8-6-15)26-21-18(20(24)30)13-29(27-21)17-4-2-10-28(12-17)11-14-3-1-9-25-19(14)23/h1,3,5-9,13,17H,2,4,10-12H2,(H2,24,30)(H,26,27). The van der Waals surface area contributed by atoms with Gasteiger partial charge in [-0.1, -0.05) is 6.07 Å². The van der Waals surface area contributed by atoms with Gasteiger partial charge in [0.25, 0.3) is 5.91 Å². The average molecular weight is 412 g/mol. The zero-order valence-electron chi connectivity index (χ0n) is 16.3. The summed E-state index contributed by atoms with van der Waals surface area (Å²) in [4.78, 5) is 17.8. The third-order valence-electron chi connectivity index (χ3n) is 5.19. The average Bonchev–Trinajstić information content (AvgIpc) is 3.16. The molecule has 7 nitrogen and oxygen atoms in total. The highest BCUT2D eigenvalue weighted by Gasteiger charge is 2.25. The van der Waals surface area contributed by atoms with Gasteiger partial charge in [-0.15, -0.1) is 0 Å². The second kappa shape index (κ2) is 8.58. The highest BCUT2D eigenvalue weighted by Crippen LogP contribution is 2.26. The fourth-order valence-electron chi connectivity index (χ4n) is 3.69. The van der Waals surface area contributed by atoms with Crippen molar-refractivity contribution < 1.29 is 13.6 Å². The predicted molar refractivity (Wildman–Crippen MR) is 108 cm³/mol. The first-order valence-electron chi connectivity index (χ1n) is 9.73. The summed E-state index contributed by atoms with van der Waals surface area (Å²) in [5.41, 5.74) is 6.94. The number of anilines is 2. The second-order valence-corrected chi connectivity index (χ2v) is 7.35. The molecule has 0 spiro atoms. The molecule has 1 amide bonds. The van der Waals surface area contributed by atoms with Gasteiger partial charge in [0.05, 0.1) is 6.04 Å². The van der Waals surface area contributed by atoms with E-state index in [0.29, 0.717) is 30.2 Å². The lowest BCUT2D eigenvalue weighted by molar-refractivity contribution is 0.100. The molecule has 0 bridgehead atoms. The highest BCUT2D eigenvalue weighted by molar-refractivity contribution is 5.98. The van der Waals surface area contributed by atoms with Gasteiger partial charge >= 0.3 is 0 Å². The van der Waals surface area contributed by atoms with E-state index < -0.39 is 11.9 Å². The Hall–Kier alpha value is -3.33. The minimum absolute atomic E-state index is 0.0142. The van der Waals surface area contributed by atoms with Crippen molar-refractivity contribution >= 4 is 17.4 Å². The highest BCUT2D eigenvalue weighted by atomic mass is 19.1. The number of primary amides is 1. The maximum atomic E-state index is 13.9. The monoisotopic (exact) mass is 412 g/mol. The molecular formula is C21H22F2N6O. The molecule has 1 unspecified atom stereocenters. The fourth-order valence-corrected chi connectivity index (χ4v) is 3.69. The lowest BCUT2D eigenvalue weighted by Gasteiger charge is -2.32. The van der Waals surface area contributed by atoms with Crippen molar-refractivity contribution in [1.82, 2.24) is 19.7 Å². The number of benzene rings is 1. The molecule has 1 atom stereocenters. The number of hydrogen-bond donors (Lipinski definition) is 2. The number of halogens is 2. The van der Waals surface area contributed by atoms with Crippen LogP contribution in [-0.2, 0) is 6.54 Å². The third kappa shape index (κ3) is 4.46. The molecule has 1 aliphatic heterocycles. The van der Waals surface area contributed by atoms with Crippen molar-refractivity contribution in [3.05, 3.63) is 71.7 Å². The summed E-state index contributed by atoms with van der Waals surface area (Å²) >= 11 is 0.